The number of benzene rings is 2. The molecule has 9 heteroatoms. The summed E-state index contributed by atoms with van der Waals surface area (Å²) in [6.07, 6.45) is 1.16. The van der Waals surface area contributed by atoms with Gasteiger partial charge in [0.2, 0.25) is 5.82 Å². The van der Waals surface area contributed by atoms with Crippen molar-refractivity contribution in [2.75, 3.05) is 0 Å². The van der Waals surface area contributed by atoms with Crippen molar-refractivity contribution in [1.82, 2.24) is 15.4 Å². The number of nitrogens with one attached hydrogen (secondary N) is 1. The minimum Gasteiger partial charge on any atom is -0.400 e. The molecule has 1 amide bonds. The van der Waals surface area contributed by atoms with E-state index in [-0.39, 0.29) is 11.6 Å². The predicted octanol–water partition coefficient (Wildman–Crippen LogP) is 4.08. The fourth-order valence-corrected chi connectivity index (χ4v) is 2.78. The Bertz CT molecular complexity index is 1200. The Morgan fingerprint density at radius 3 is 2.03 bits per heavy atom. The van der Waals surface area contributed by atoms with Gasteiger partial charge in [-0.3, -0.25) is 14.9 Å². The molecule has 2 heterocycles. The molecule has 0 saturated heterocycles. The van der Waals surface area contributed by atoms with Gasteiger partial charge in [0.25, 0.3) is 0 Å². The molecule has 2 aromatic carbocycles. The summed E-state index contributed by atoms with van der Waals surface area (Å²) in [5.74, 6) is -0.995. The van der Waals surface area contributed by atoms with Crippen LogP contribution in [0.1, 0.15) is 16.4 Å². The van der Waals surface area contributed by atoms with E-state index >= 15 is 0 Å². The van der Waals surface area contributed by atoms with Gasteiger partial charge < -0.3 is 4.42 Å². The molecule has 0 radical (unpaired) electrons. The smallest absolute Gasteiger partial charge is 0.400 e. The highest BCUT2D eigenvalue weighted by atomic mass is 16.6. The number of amides is 1. The van der Waals surface area contributed by atoms with E-state index < -0.39 is 16.7 Å². The van der Waals surface area contributed by atoms with E-state index in [1.54, 1.807) is 0 Å². The van der Waals surface area contributed by atoms with E-state index in [1.807, 2.05) is 66.7 Å². The van der Waals surface area contributed by atoms with Gasteiger partial charge in [0, 0.05) is 11.1 Å². The molecule has 0 unspecified atom stereocenters. The summed E-state index contributed by atoms with van der Waals surface area (Å²) in [5.41, 5.74) is 5.17. The lowest BCUT2D eigenvalue weighted by Crippen LogP contribution is -2.21. The van der Waals surface area contributed by atoms with Gasteiger partial charge in [-0.1, -0.05) is 60.7 Å². The van der Waals surface area contributed by atoms with Crippen molar-refractivity contribution in [3.63, 3.8) is 0 Å². The van der Waals surface area contributed by atoms with Crippen LogP contribution in [0.25, 0.3) is 22.5 Å². The summed E-state index contributed by atoms with van der Waals surface area (Å²) in [4.78, 5) is 31.4. The van der Waals surface area contributed by atoms with Crippen molar-refractivity contribution < 1.29 is 14.1 Å². The van der Waals surface area contributed by atoms with Crippen LogP contribution in [0.4, 0.5) is 5.88 Å². The summed E-state index contributed by atoms with van der Waals surface area (Å²) in [6.45, 7) is 0. The minimum absolute atomic E-state index is 0.0669. The van der Waals surface area contributed by atoms with Gasteiger partial charge in [0.1, 0.15) is 4.92 Å². The van der Waals surface area contributed by atoms with E-state index in [2.05, 4.69) is 20.5 Å². The zero-order chi connectivity index (χ0) is 21.6. The van der Waals surface area contributed by atoms with E-state index in [9.17, 15) is 14.9 Å². The standard InChI is InChI=1S/C22H15N5O4/c28-22(26-23-14-17-11-12-20(31-17)27(29)30)21-24-18(15-7-3-1-4-8-15)13-19(25-21)16-9-5-2-6-10-16/h1-14H,(H,26,28). The lowest BCUT2D eigenvalue weighted by atomic mass is 10.1. The van der Waals surface area contributed by atoms with Crippen molar-refractivity contribution in [2.45, 2.75) is 0 Å². The fraction of sp³-hybridized carbons (Fsp3) is 0. The first-order valence-corrected chi connectivity index (χ1v) is 9.18. The SMILES string of the molecule is O=C(NN=Cc1ccc([N+](=O)[O-])o1)c1nc(-c2ccccc2)cc(-c2ccccc2)n1. The molecule has 1 N–H and O–H groups in total. The molecular formula is C22H15N5O4. The Morgan fingerprint density at radius 1 is 0.935 bits per heavy atom. The number of nitro groups is 1. The Labute approximate surface area is 176 Å². The molecule has 9 nitrogen and oxygen atoms in total. The van der Waals surface area contributed by atoms with Crippen LogP contribution in [0, 0.1) is 10.1 Å². The Kier molecular flexibility index (Phi) is 5.57. The van der Waals surface area contributed by atoms with Crippen LogP contribution in [0.15, 0.2) is 88.4 Å². The number of nitrogens with zero attached hydrogens (tertiary/aromatic N) is 4. The van der Waals surface area contributed by atoms with Crippen molar-refractivity contribution in [1.29, 1.82) is 0 Å². The first-order chi connectivity index (χ1) is 15.1. The molecule has 31 heavy (non-hydrogen) atoms. The molecule has 2 aromatic heterocycles. The van der Waals surface area contributed by atoms with Gasteiger partial charge in [-0.25, -0.2) is 15.4 Å². The second kappa shape index (κ2) is 8.78. The Hall–Kier alpha value is -4.66. The topological polar surface area (TPSA) is 124 Å². The molecule has 152 valence electrons. The third kappa shape index (κ3) is 4.67. The molecule has 4 rings (SSSR count). The molecule has 4 aromatic rings. The summed E-state index contributed by atoms with van der Waals surface area (Å²) in [7, 11) is 0. The monoisotopic (exact) mass is 413 g/mol. The fourth-order valence-electron chi connectivity index (χ4n) is 2.78. The highest BCUT2D eigenvalue weighted by Crippen LogP contribution is 2.23. The number of hydrogen-bond donors (Lipinski definition) is 1. The molecule has 0 atom stereocenters. The molecule has 0 aliphatic carbocycles. The minimum atomic E-state index is -0.663. The van der Waals surface area contributed by atoms with Gasteiger partial charge in [-0.15, -0.1) is 0 Å². The van der Waals surface area contributed by atoms with Gasteiger partial charge in [0.05, 0.1) is 23.7 Å². The third-order valence-corrected chi connectivity index (χ3v) is 4.22. The molecule has 0 spiro atoms. The van der Waals surface area contributed by atoms with E-state index in [4.69, 9.17) is 4.42 Å². The molecule has 0 aliphatic rings. The van der Waals surface area contributed by atoms with Crippen molar-refractivity contribution in [3.05, 3.63) is 101 Å². The maximum atomic E-state index is 12.6. The number of furan rings is 1. The van der Waals surface area contributed by atoms with Crippen LogP contribution in [0.2, 0.25) is 0 Å². The molecule has 0 bridgehead atoms. The first-order valence-electron chi connectivity index (χ1n) is 9.18. The third-order valence-electron chi connectivity index (χ3n) is 4.22. The van der Waals surface area contributed by atoms with Crippen LogP contribution < -0.4 is 5.43 Å². The quantitative estimate of drug-likeness (QED) is 0.289. The maximum Gasteiger partial charge on any atom is 0.433 e. The second-order valence-electron chi connectivity index (χ2n) is 6.33. The highest BCUT2D eigenvalue weighted by Gasteiger charge is 2.15. The molecule has 0 aliphatic heterocycles. The molecular weight excluding hydrogens is 398 g/mol. The average Bonchev–Trinajstić information content (AvgIpc) is 3.29. The average molecular weight is 413 g/mol. The summed E-state index contributed by atoms with van der Waals surface area (Å²) in [6, 6.07) is 23.2. The number of rotatable bonds is 6. The lowest BCUT2D eigenvalue weighted by Gasteiger charge is -2.08. The number of hydrogen-bond acceptors (Lipinski definition) is 7. The highest BCUT2D eigenvalue weighted by molar-refractivity contribution is 5.92. The van der Waals surface area contributed by atoms with E-state index in [0.717, 1.165) is 17.3 Å². The van der Waals surface area contributed by atoms with Gasteiger partial charge in [0.15, 0.2) is 5.76 Å². The van der Waals surface area contributed by atoms with Crippen LogP contribution in [-0.2, 0) is 0 Å². The number of aromatic nitrogens is 2. The van der Waals surface area contributed by atoms with Crippen LogP contribution in [0.5, 0.6) is 0 Å². The van der Waals surface area contributed by atoms with Crippen molar-refractivity contribution in [3.8, 4) is 22.5 Å². The maximum absolute atomic E-state index is 12.6. The van der Waals surface area contributed by atoms with Crippen molar-refractivity contribution >= 4 is 18.0 Å². The molecule has 0 fully saturated rings. The molecule has 0 saturated carbocycles. The van der Waals surface area contributed by atoms with E-state index in [1.165, 1.54) is 12.1 Å². The zero-order valence-electron chi connectivity index (χ0n) is 16.0. The number of carbonyl (C=O) groups excluding carboxylic acids is 1. The lowest BCUT2D eigenvalue weighted by molar-refractivity contribution is -0.402. The predicted molar refractivity (Wildman–Crippen MR) is 113 cm³/mol. The summed E-state index contributed by atoms with van der Waals surface area (Å²) in [5, 5.41) is 14.4. The zero-order valence-corrected chi connectivity index (χ0v) is 16.0. The van der Waals surface area contributed by atoms with Gasteiger partial charge >= 0.3 is 11.8 Å². The normalized spacial score (nSPS) is 10.8. The summed E-state index contributed by atoms with van der Waals surface area (Å²) < 4.78 is 4.96. The van der Waals surface area contributed by atoms with Crippen LogP contribution in [-0.4, -0.2) is 27.0 Å². The largest absolute Gasteiger partial charge is 0.433 e. The van der Waals surface area contributed by atoms with Gasteiger partial charge in [-0.05, 0) is 12.1 Å². The van der Waals surface area contributed by atoms with Gasteiger partial charge in [-0.2, -0.15) is 5.10 Å². The van der Waals surface area contributed by atoms with Crippen LogP contribution >= 0.6 is 0 Å². The number of hydrazone groups is 1. The van der Waals surface area contributed by atoms with Crippen LogP contribution in [0.3, 0.4) is 0 Å². The summed E-state index contributed by atoms with van der Waals surface area (Å²) >= 11 is 0. The number of carbonyl (C=O) groups is 1. The Balaban J connectivity index is 1.62. The van der Waals surface area contributed by atoms with E-state index in [0.29, 0.717) is 11.4 Å². The Morgan fingerprint density at radius 2 is 1.52 bits per heavy atom. The first kappa shape index (κ1) is 19.6. The second-order valence-corrected chi connectivity index (χ2v) is 6.33. The van der Waals surface area contributed by atoms with Crippen molar-refractivity contribution in [2.24, 2.45) is 5.10 Å².